The van der Waals surface area contributed by atoms with Gasteiger partial charge in [-0.25, -0.2) is 8.93 Å². The standard InChI is InChI=1S/C14H29NO3S/c1-8-11(2)9-14(6,10-12(16)18-7)15-19(17)13(3,4)5/h11,15H,8-10H2,1-7H3. The number of nitrogens with one attached hydrogen (secondary N) is 1. The fourth-order valence-corrected chi connectivity index (χ4v) is 2.74. The summed E-state index contributed by atoms with van der Waals surface area (Å²) in [4.78, 5) is 11.6. The Kier molecular flexibility index (Phi) is 7.22. The highest BCUT2D eigenvalue weighted by Crippen LogP contribution is 2.25. The third kappa shape index (κ3) is 7.06. The van der Waals surface area contributed by atoms with Crippen LogP contribution >= 0.6 is 0 Å². The Morgan fingerprint density at radius 2 is 1.84 bits per heavy atom. The minimum absolute atomic E-state index is 0.232. The van der Waals surface area contributed by atoms with E-state index in [-0.39, 0.29) is 17.1 Å². The van der Waals surface area contributed by atoms with E-state index in [1.807, 2.05) is 27.7 Å². The Morgan fingerprint density at radius 3 is 2.21 bits per heavy atom. The number of hydrogen-bond acceptors (Lipinski definition) is 3. The van der Waals surface area contributed by atoms with Crippen molar-refractivity contribution >= 4 is 17.0 Å². The van der Waals surface area contributed by atoms with E-state index in [0.29, 0.717) is 5.92 Å². The zero-order chi connectivity index (χ0) is 15.3. The molecule has 0 bridgehead atoms. The molecule has 0 aliphatic heterocycles. The van der Waals surface area contributed by atoms with Gasteiger partial charge in [-0.3, -0.25) is 4.79 Å². The van der Waals surface area contributed by atoms with Crippen LogP contribution in [-0.4, -0.2) is 27.6 Å². The van der Waals surface area contributed by atoms with Gasteiger partial charge in [0.05, 0.1) is 29.3 Å². The number of carbonyl (C=O) groups excluding carboxylic acids is 1. The van der Waals surface area contributed by atoms with Crippen LogP contribution in [0.2, 0.25) is 0 Å². The highest BCUT2D eigenvalue weighted by molar-refractivity contribution is 7.84. The molecule has 0 fully saturated rings. The van der Waals surface area contributed by atoms with Gasteiger partial charge in [-0.2, -0.15) is 0 Å². The Balaban J connectivity index is 4.94. The average Bonchev–Trinajstić information content (AvgIpc) is 2.26. The molecule has 0 aromatic rings. The molecule has 0 aromatic heterocycles. The van der Waals surface area contributed by atoms with Gasteiger partial charge < -0.3 is 4.74 Å². The van der Waals surface area contributed by atoms with Crippen molar-refractivity contribution in [3.63, 3.8) is 0 Å². The highest BCUT2D eigenvalue weighted by Gasteiger charge is 2.34. The van der Waals surface area contributed by atoms with Crippen LogP contribution in [0.25, 0.3) is 0 Å². The van der Waals surface area contributed by atoms with Crippen LogP contribution in [0.4, 0.5) is 0 Å². The van der Waals surface area contributed by atoms with Crippen LogP contribution in [-0.2, 0) is 20.5 Å². The van der Waals surface area contributed by atoms with E-state index in [2.05, 4.69) is 18.6 Å². The molecule has 0 aromatic carbocycles. The van der Waals surface area contributed by atoms with Crippen molar-refractivity contribution < 1.29 is 13.7 Å². The second-order valence-corrected chi connectivity index (χ2v) is 8.48. The molecule has 0 amide bonds. The lowest BCUT2D eigenvalue weighted by molar-refractivity contribution is -0.142. The molecule has 3 atom stereocenters. The summed E-state index contributed by atoms with van der Waals surface area (Å²) in [6, 6.07) is 0. The van der Waals surface area contributed by atoms with Gasteiger partial charge in [0.1, 0.15) is 0 Å². The molecule has 19 heavy (non-hydrogen) atoms. The van der Waals surface area contributed by atoms with Crippen molar-refractivity contribution in [3.8, 4) is 0 Å². The number of carbonyl (C=O) groups is 1. The molecule has 0 heterocycles. The van der Waals surface area contributed by atoms with E-state index in [0.717, 1.165) is 12.8 Å². The lowest BCUT2D eigenvalue weighted by Crippen LogP contribution is -2.50. The predicted molar refractivity (Wildman–Crippen MR) is 80.1 cm³/mol. The summed E-state index contributed by atoms with van der Waals surface area (Å²) >= 11 is 0. The third-order valence-electron chi connectivity index (χ3n) is 3.15. The van der Waals surface area contributed by atoms with Gasteiger partial charge in [-0.1, -0.05) is 20.3 Å². The van der Waals surface area contributed by atoms with Gasteiger partial charge in [0.25, 0.3) is 0 Å². The molecule has 0 rings (SSSR count). The van der Waals surface area contributed by atoms with Gasteiger partial charge in [-0.05, 0) is 40.0 Å². The van der Waals surface area contributed by atoms with Crippen molar-refractivity contribution in [2.75, 3.05) is 7.11 Å². The lowest BCUT2D eigenvalue weighted by Gasteiger charge is -2.34. The summed E-state index contributed by atoms with van der Waals surface area (Å²) in [5.74, 6) is 0.184. The smallest absolute Gasteiger partial charge is 0.307 e. The summed E-state index contributed by atoms with van der Waals surface area (Å²) in [6.45, 7) is 11.9. The number of rotatable bonds is 7. The van der Waals surface area contributed by atoms with Crippen molar-refractivity contribution in [2.24, 2.45) is 5.92 Å². The van der Waals surface area contributed by atoms with Crippen LogP contribution in [0.5, 0.6) is 0 Å². The molecular formula is C14H29NO3S. The minimum Gasteiger partial charge on any atom is -0.469 e. The monoisotopic (exact) mass is 291 g/mol. The number of hydrogen-bond donors (Lipinski definition) is 1. The SMILES string of the molecule is CCC(C)CC(C)(CC(=O)OC)NS(=O)C(C)(C)C. The number of ether oxygens (including phenoxy) is 1. The summed E-state index contributed by atoms with van der Waals surface area (Å²) < 4.78 is 19.8. The number of esters is 1. The molecule has 0 aliphatic carbocycles. The van der Waals surface area contributed by atoms with Crippen LogP contribution in [0.15, 0.2) is 0 Å². The topological polar surface area (TPSA) is 55.4 Å². The van der Waals surface area contributed by atoms with Gasteiger partial charge in [0.15, 0.2) is 0 Å². The molecule has 0 radical (unpaired) electrons. The van der Waals surface area contributed by atoms with Gasteiger partial charge in [-0.15, -0.1) is 0 Å². The average molecular weight is 291 g/mol. The van der Waals surface area contributed by atoms with Gasteiger partial charge >= 0.3 is 5.97 Å². The van der Waals surface area contributed by atoms with Crippen LogP contribution < -0.4 is 4.72 Å². The second kappa shape index (κ2) is 7.39. The van der Waals surface area contributed by atoms with E-state index < -0.39 is 16.5 Å². The quantitative estimate of drug-likeness (QED) is 0.734. The molecule has 114 valence electrons. The first-order valence-electron chi connectivity index (χ1n) is 6.80. The van der Waals surface area contributed by atoms with E-state index >= 15 is 0 Å². The van der Waals surface area contributed by atoms with E-state index in [1.54, 1.807) is 0 Å². The highest BCUT2D eigenvalue weighted by atomic mass is 32.2. The van der Waals surface area contributed by atoms with Crippen LogP contribution in [0.3, 0.4) is 0 Å². The van der Waals surface area contributed by atoms with Gasteiger partial charge in [0, 0.05) is 5.54 Å². The van der Waals surface area contributed by atoms with E-state index in [4.69, 9.17) is 4.74 Å². The molecule has 1 N–H and O–H groups in total. The van der Waals surface area contributed by atoms with E-state index in [9.17, 15) is 9.00 Å². The van der Waals surface area contributed by atoms with Crippen LogP contribution in [0.1, 0.15) is 60.8 Å². The molecule has 0 spiro atoms. The lowest BCUT2D eigenvalue weighted by atomic mass is 9.87. The molecular weight excluding hydrogens is 262 g/mol. The normalized spacial score (nSPS) is 18.5. The predicted octanol–water partition coefficient (Wildman–Crippen LogP) is 2.80. The Bertz CT molecular complexity index is 325. The summed E-state index contributed by atoms with van der Waals surface area (Å²) in [6.07, 6.45) is 2.05. The van der Waals surface area contributed by atoms with E-state index in [1.165, 1.54) is 7.11 Å². The first-order valence-corrected chi connectivity index (χ1v) is 7.95. The van der Waals surface area contributed by atoms with Crippen molar-refractivity contribution in [3.05, 3.63) is 0 Å². The Hall–Kier alpha value is -0.420. The summed E-state index contributed by atoms with van der Waals surface area (Å²) in [5, 5.41) is 0. The largest absolute Gasteiger partial charge is 0.469 e. The maximum Gasteiger partial charge on any atom is 0.307 e. The molecule has 0 aliphatic rings. The molecule has 0 saturated heterocycles. The second-order valence-electron chi connectivity index (χ2n) is 6.51. The van der Waals surface area contributed by atoms with Crippen molar-refractivity contribution in [1.82, 2.24) is 4.72 Å². The first-order chi connectivity index (χ1) is 8.54. The molecule has 4 nitrogen and oxygen atoms in total. The summed E-state index contributed by atoms with van der Waals surface area (Å²) in [7, 11) is 0.180. The number of methoxy groups -OCH3 is 1. The first kappa shape index (κ1) is 18.6. The van der Waals surface area contributed by atoms with Crippen LogP contribution in [0, 0.1) is 5.92 Å². The molecule has 5 heteroatoms. The van der Waals surface area contributed by atoms with Crippen molar-refractivity contribution in [1.29, 1.82) is 0 Å². The third-order valence-corrected chi connectivity index (χ3v) is 4.94. The van der Waals surface area contributed by atoms with Gasteiger partial charge in [0.2, 0.25) is 0 Å². The van der Waals surface area contributed by atoms with Crippen molar-refractivity contribution in [2.45, 2.75) is 71.1 Å². The molecule has 0 saturated carbocycles. The zero-order valence-corrected chi connectivity index (χ0v) is 14.1. The minimum atomic E-state index is -1.20. The maximum absolute atomic E-state index is 12.3. The molecule has 3 unspecified atom stereocenters. The zero-order valence-electron chi connectivity index (χ0n) is 13.3. The maximum atomic E-state index is 12.3. The Morgan fingerprint density at radius 1 is 1.32 bits per heavy atom. The Labute approximate surface area is 120 Å². The fourth-order valence-electron chi connectivity index (χ4n) is 1.83. The fraction of sp³-hybridized carbons (Fsp3) is 0.929. The summed E-state index contributed by atoms with van der Waals surface area (Å²) in [5.41, 5.74) is -0.499.